The van der Waals surface area contributed by atoms with Crippen molar-refractivity contribution in [3.8, 4) is 0 Å². The first-order valence-corrected chi connectivity index (χ1v) is 10.9. The highest BCUT2D eigenvalue weighted by molar-refractivity contribution is 5.94. The van der Waals surface area contributed by atoms with Gasteiger partial charge in [-0.25, -0.2) is 4.79 Å². The predicted octanol–water partition coefficient (Wildman–Crippen LogP) is -1.93. The van der Waals surface area contributed by atoms with E-state index in [0.29, 0.717) is 6.42 Å². The van der Waals surface area contributed by atoms with Gasteiger partial charge in [0, 0.05) is 23.6 Å². The molecule has 2 aromatic rings. The molecule has 1 aromatic heterocycles. The first-order chi connectivity index (χ1) is 16.3. The van der Waals surface area contributed by atoms with Crippen LogP contribution in [-0.4, -0.2) is 92.8 Å². The van der Waals surface area contributed by atoms with Gasteiger partial charge >= 0.3 is 5.97 Å². The molecule has 1 aliphatic rings. The molecule has 12 nitrogen and oxygen atoms in total. The summed E-state index contributed by atoms with van der Waals surface area (Å²) in [5.41, 5.74) is 7.71. The van der Waals surface area contributed by atoms with Crippen LogP contribution in [-0.2, 0) is 25.6 Å². The monoisotopic (exact) mass is 475 g/mol. The SMILES string of the molecule is NC(Cc1c[nH]c2ccccc12)C(=O)NC(CO)C(=O)NC(CO)C(=O)N1CCCC1C(=O)O. The maximum Gasteiger partial charge on any atom is 0.326 e. The van der Waals surface area contributed by atoms with Crippen LogP contribution in [0.2, 0.25) is 0 Å². The molecule has 12 heteroatoms. The molecular formula is C22H29N5O7. The molecular weight excluding hydrogens is 446 g/mol. The van der Waals surface area contributed by atoms with Gasteiger partial charge < -0.3 is 41.6 Å². The number of nitrogens with zero attached hydrogens (tertiary/aromatic N) is 1. The fourth-order valence-corrected chi connectivity index (χ4v) is 4.05. The number of aliphatic hydroxyl groups excluding tert-OH is 2. The Morgan fingerprint density at radius 3 is 2.44 bits per heavy atom. The van der Waals surface area contributed by atoms with Crippen molar-refractivity contribution in [1.29, 1.82) is 0 Å². The largest absolute Gasteiger partial charge is 0.480 e. The average molecular weight is 476 g/mol. The molecule has 4 unspecified atom stereocenters. The topological polar surface area (TPSA) is 198 Å². The Bertz CT molecular complexity index is 1060. The molecule has 1 aromatic carbocycles. The van der Waals surface area contributed by atoms with E-state index in [2.05, 4.69) is 15.6 Å². The minimum atomic E-state index is -1.42. The number of carboxylic acid groups (broad SMARTS) is 1. The van der Waals surface area contributed by atoms with Gasteiger partial charge in [0.15, 0.2) is 0 Å². The van der Waals surface area contributed by atoms with Crippen LogP contribution in [0.1, 0.15) is 18.4 Å². The highest BCUT2D eigenvalue weighted by Gasteiger charge is 2.38. The van der Waals surface area contributed by atoms with Crippen LogP contribution in [0, 0.1) is 0 Å². The molecule has 4 atom stereocenters. The summed E-state index contributed by atoms with van der Waals surface area (Å²) >= 11 is 0. The lowest BCUT2D eigenvalue weighted by atomic mass is 10.0. The fourth-order valence-electron chi connectivity index (χ4n) is 4.05. The van der Waals surface area contributed by atoms with E-state index >= 15 is 0 Å². The number of carboxylic acids is 1. The molecule has 3 amide bonds. The van der Waals surface area contributed by atoms with Gasteiger partial charge in [-0.2, -0.15) is 0 Å². The molecule has 34 heavy (non-hydrogen) atoms. The smallest absolute Gasteiger partial charge is 0.326 e. The van der Waals surface area contributed by atoms with Gasteiger partial charge in [-0.15, -0.1) is 0 Å². The van der Waals surface area contributed by atoms with Gasteiger partial charge in [-0.3, -0.25) is 14.4 Å². The molecule has 0 spiro atoms. The van der Waals surface area contributed by atoms with Crippen LogP contribution in [0.3, 0.4) is 0 Å². The summed E-state index contributed by atoms with van der Waals surface area (Å²) in [7, 11) is 0. The Balaban J connectivity index is 1.60. The molecule has 8 N–H and O–H groups in total. The lowest BCUT2D eigenvalue weighted by Gasteiger charge is -2.27. The van der Waals surface area contributed by atoms with Crippen LogP contribution >= 0.6 is 0 Å². The van der Waals surface area contributed by atoms with Gasteiger partial charge in [0.05, 0.1) is 19.3 Å². The number of hydrogen-bond donors (Lipinski definition) is 7. The number of amides is 3. The zero-order valence-corrected chi connectivity index (χ0v) is 18.4. The lowest BCUT2D eigenvalue weighted by Crippen LogP contribution is -2.59. The van der Waals surface area contributed by atoms with E-state index in [1.807, 2.05) is 24.3 Å². The van der Waals surface area contributed by atoms with Crippen molar-refractivity contribution in [3.63, 3.8) is 0 Å². The number of nitrogens with one attached hydrogen (secondary N) is 3. The molecule has 0 aliphatic carbocycles. The summed E-state index contributed by atoms with van der Waals surface area (Å²) in [4.78, 5) is 53.3. The Morgan fingerprint density at radius 2 is 1.76 bits per heavy atom. The number of fused-ring (bicyclic) bond motifs is 1. The number of aliphatic hydroxyl groups is 2. The number of para-hydroxylation sites is 1. The summed E-state index contributed by atoms with van der Waals surface area (Å²) in [5, 5.41) is 34.0. The van der Waals surface area contributed by atoms with E-state index in [-0.39, 0.29) is 19.4 Å². The quantitative estimate of drug-likeness (QED) is 0.206. The summed E-state index contributed by atoms with van der Waals surface area (Å²) in [6.07, 6.45) is 2.68. The number of carbonyl (C=O) groups is 4. The number of nitrogens with two attached hydrogens (primary N) is 1. The van der Waals surface area contributed by atoms with Crippen molar-refractivity contribution < 1.29 is 34.5 Å². The number of hydrogen-bond acceptors (Lipinski definition) is 7. The third-order valence-electron chi connectivity index (χ3n) is 5.89. The van der Waals surface area contributed by atoms with E-state index in [0.717, 1.165) is 21.4 Å². The third-order valence-corrected chi connectivity index (χ3v) is 5.89. The zero-order chi connectivity index (χ0) is 24.8. The van der Waals surface area contributed by atoms with Gasteiger partial charge in [-0.1, -0.05) is 18.2 Å². The van der Waals surface area contributed by atoms with E-state index in [4.69, 9.17) is 5.73 Å². The first kappa shape index (κ1) is 25.1. The zero-order valence-electron chi connectivity index (χ0n) is 18.4. The third kappa shape index (κ3) is 5.53. The number of carbonyl (C=O) groups excluding carboxylic acids is 3. The molecule has 2 heterocycles. The van der Waals surface area contributed by atoms with E-state index in [1.54, 1.807) is 6.20 Å². The summed E-state index contributed by atoms with van der Waals surface area (Å²) < 4.78 is 0. The lowest BCUT2D eigenvalue weighted by molar-refractivity contribution is -0.150. The first-order valence-electron chi connectivity index (χ1n) is 10.9. The van der Waals surface area contributed by atoms with Gasteiger partial charge in [0.1, 0.15) is 18.1 Å². The summed E-state index contributed by atoms with van der Waals surface area (Å²) in [6, 6.07) is 2.61. The highest BCUT2D eigenvalue weighted by Crippen LogP contribution is 2.19. The molecule has 1 saturated heterocycles. The molecule has 0 bridgehead atoms. The van der Waals surface area contributed by atoms with Crippen molar-refractivity contribution in [2.24, 2.45) is 5.73 Å². The molecule has 0 radical (unpaired) electrons. The average Bonchev–Trinajstić information content (AvgIpc) is 3.48. The number of likely N-dealkylation sites (tertiary alicyclic amines) is 1. The number of H-pyrrole nitrogens is 1. The highest BCUT2D eigenvalue weighted by atomic mass is 16.4. The van der Waals surface area contributed by atoms with Gasteiger partial charge in [0.2, 0.25) is 17.7 Å². The second-order valence-electron chi connectivity index (χ2n) is 8.19. The Hall–Kier alpha value is -3.48. The maximum atomic E-state index is 12.7. The van der Waals surface area contributed by atoms with Crippen LogP contribution in [0.4, 0.5) is 0 Å². The van der Waals surface area contributed by atoms with Gasteiger partial charge in [0.25, 0.3) is 0 Å². The normalized spacial score (nSPS) is 18.3. The van der Waals surface area contributed by atoms with E-state index < -0.39 is 61.1 Å². The van der Waals surface area contributed by atoms with Crippen LogP contribution in [0.15, 0.2) is 30.5 Å². The maximum absolute atomic E-state index is 12.7. The van der Waals surface area contributed by atoms with Crippen molar-refractivity contribution >= 4 is 34.6 Å². The molecule has 3 rings (SSSR count). The van der Waals surface area contributed by atoms with Crippen molar-refractivity contribution in [2.75, 3.05) is 19.8 Å². The number of aromatic amines is 1. The predicted molar refractivity (Wildman–Crippen MR) is 120 cm³/mol. The van der Waals surface area contributed by atoms with Crippen LogP contribution in [0.25, 0.3) is 10.9 Å². The minimum absolute atomic E-state index is 0.179. The molecule has 1 aliphatic heterocycles. The Labute approximate surface area is 195 Å². The van der Waals surface area contributed by atoms with Crippen molar-refractivity contribution in [3.05, 3.63) is 36.0 Å². The Kier molecular flexibility index (Phi) is 8.21. The molecule has 0 saturated carbocycles. The van der Waals surface area contributed by atoms with E-state index in [1.165, 1.54) is 0 Å². The molecule has 1 fully saturated rings. The standard InChI is InChI=1S/C22H29N5O7/c23-14(8-12-9-24-15-5-2-1-4-13(12)15)19(30)25-16(10-28)20(31)26-17(11-29)21(32)27-7-3-6-18(27)22(33)34/h1-2,4-5,9,14,16-18,24,28-29H,3,6-8,10-11,23H2,(H,25,30)(H,26,31)(H,33,34). The summed E-state index contributed by atoms with van der Waals surface area (Å²) in [5.74, 6) is -3.51. The summed E-state index contributed by atoms with van der Waals surface area (Å²) in [6.45, 7) is -1.37. The second-order valence-corrected chi connectivity index (χ2v) is 8.19. The van der Waals surface area contributed by atoms with Gasteiger partial charge in [-0.05, 0) is 30.9 Å². The fraction of sp³-hybridized carbons (Fsp3) is 0.455. The Morgan fingerprint density at radius 1 is 1.09 bits per heavy atom. The number of rotatable bonds is 10. The van der Waals surface area contributed by atoms with Crippen molar-refractivity contribution in [1.82, 2.24) is 20.5 Å². The second kappa shape index (κ2) is 11.1. The van der Waals surface area contributed by atoms with Crippen LogP contribution in [0.5, 0.6) is 0 Å². The number of aliphatic carboxylic acids is 1. The van der Waals surface area contributed by atoms with E-state index in [9.17, 15) is 34.5 Å². The number of benzene rings is 1. The molecule has 184 valence electrons. The minimum Gasteiger partial charge on any atom is -0.480 e. The van der Waals surface area contributed by atoms with Crippen LogP contribution < -0.4 is 16.4 Å². The van der Waals surface area contributed by atoms with Crippen molar-refractivity contribution in [2.45, 2.75) is 43.4 Å². The number of aromatic nitrogens is 1.